The molecule has 0 aliphatic carbocycles. The molecule has 29 heavy (non-hydrogen) atoms. The number of benzene rings is 1. The fourth-order valence-corrected chi connectivity index (χ4v) is 4.72. The smallest absolute Gasteiger partial charge is 0.141 e. The van der Waals surface area contributed by atoms with Gasteiger partial charge in [0, 0.05) is 45.5 Å². The van der Waals surface area contributed by atoms with Crippen LogP contribution in [0.2, 0.25) is 10.0 Å². The number of anilines is 2. The van der Waals surface area contributed by atoms with Crippen LogP contribution in [0.3, 0.4) is 0 Å². The van der Waals surface area contributed by atoms with E-state index in [2.05, 4.69) is 20.3 Å². The Morgan fingerprint density at radius 1 is 1.07 bits per heavy atom. The number of hydrogen-bond acceptors (Lipinski definition) is 5. The molecule has 3 aromatic heterocycles. The molecular weight excluding hydrogens is 429 g/mol. The molecule has 1 aliphatic heterocycles. The first-order valence-electron chi connectivity index (χ1n) is 8.62. The molecule has 1 aromatic carbocycles. The van der Waals surface area contributed by atoms with Gasteiger partial charge in [-0.05, 0) is 30.3 Å². The highest BCUT2D eigenvalue weighted by Crippen LogP contribution is 2.44. The first-order chi connectivity index (χ1) is 14.0. The molecule has 5 rings (SSSR count). The van der Waals surface area contributed by atoms with E-state index < -0.39 is 10.8 Å². The Bertz CT molecular complexity index is 1220. The number of rotatable bonds is 2. The van der Waals surface area contributed by atoms with Crippen LogP contribution in [0.25, 0.3) is 33.9 Å². The topological polar surface area (TPSA) is 83.6 Å². The maximum absolute atomic E-state index is 11.8. The lowest BCUT2D eigenvalue weighted by Gasteiger charge is -2.09. The van der Waals surface area contributed by atoms with Gasteiger partial charge in [-0.1, -0.05) is 23.2 Å². The predicted octanol–water partition coefficient (Wildman–Crippen LogP) is 5.30. The number of pyridine rings is 2. The molecule has 1 atom stereocenters. The molecule has 0 bridgehead atoms. The van der Waals surface area contributed by atoms with Crippen LogP contribution >= 0.6 is 23.2 Å². The van der Waals surface area contributed by atoms with Crippen LogP contribution in [0.4, 0.5) is 11.5 Å². The van der Waals surface area contributed by atoms with Gasteiger partial charge in [0.25, 0.3) is 0 Å². The van der Waals surface area contributed by atoms with Gasteiger partial charge in [0.15, 0.2) is 0 Å². The molecule has 144 valence electrons. The predicted molar refractivity (Wildman–Crippen MR) is 116 cm³/mol. The Morgan fingerprint density at radius 3 is 2.62 bits per heavy atom. The van der Waals surface area contributed by atoms with Gasteiger partial charge in [0.1, 0.15) is 17.3 Å². The van der Waals surface area contributed by atoms with Gasteiger partial charge in [-0.2, -0.15) is 0 Å². The summed E-state index contributed by atoms with van der Waals surface area (Å²) < 4.78 is 11.8. The summed E-state index contributed by atoms with van der Waals surface area (Å²) in [6, 6.07) is 9.02. The Labute approximate surface area is 178 Å². The number of aromatic nitrogens is 4. The van der Waals surface area contributed by atoms with Crippen LogP contribution in [-0.2, 0) is 10.8 Å². The Balaban J connectivity index is 1.78. The highest BCUT2D eigenvalue weighted by atomic mass is 35.5. The molecule has 9 heteroatoms. The van der Waals surface area contributed by atoms with E-state index in [0.717, 1.165) is 28.2 Å². The van der Waals surface area contributed by atoms with E-state index in [1.165, 1.54) is 0 Å². The van der Waals surface area contributed by atoms with E-state index in [9.17, 15) is 4.21 Å². The molecule has 0 saturated heterocycles. The number of imidazole rings is 1. The van der Waals surface area contributed by atoms with Gasteiger partial charge in [-0.15, -0.1) is 0 Å². The minimum absolute atomic E-state index is 0.381. The lowest BCUT2D eigenvalue weighted by atomic mass is 10.1. The van der Waals surface area contributed by atoms with E-state index in [1.54, 1.807) is 37.0 Å². The van der Waals surface area contributed by atoms with Gasteiger partial charge in [0.2, 0.25) is 0 Å². The highest BCUT2D eigenvalue weighted by molar-refractivity contribution is 7.84. The molecule has 2 N–H and O–H groups in total. The van der Waals surface area contributed by atoms with Crippen molar-refractivity contribution in [1.82, 2.24) is 19.9 Å². The van der Waals surface area contributed by atoms with Crippen molar-refractivity contribution in [2.75, 3.05) is 11.6 Å². The summed E-state index contributed by atoms with van der Waals surface area (Å²) in [6.45, 7) is 0. The number of H-pyrrole nitrogens is 1. The first-order valence-corrected chi connectivity index (χ1v) is 10.9. The Kier molecular flexibility index (Phi) is 4.38. The summed E-state index contributed by atoms with van der Waals surface area (Å²) >= 11 is 13.0. The van der Waals surface area contributed by atoms with Crippen molar-refractivity contribution in [3.8, 4) is 33.9 Å². The monoisotopic (exact) mass is 441 g/mol. The summed E-state index contributed by atoms with van der Waals surface area (Å²) in [5.41, 5.74) is 4.67. The summed E-state index contributed by atoms with van der Waals surface area (Å²) in [5.74, 6) is 1.21. The third-order valence-electron chi connectivity index (χ3n) is 4.69. The molecule has 1 unspecified atom stereocenters. The van der Waals surface area contributed by atoms with Crippen LogP contribution in [0, 0.1) is 0 Å². The normalized spacial score (nSPS) is 12.9. The van der Waals surface area contributed by atoms with Gasteiger partial charge < -0.3 is 10.3 Å². The summed E-state index contributed by atoms with van der Waals surface area (Å²) in [5, 5.41) is 4.08. The van der Waals surface area contributed by atoms with E-state index in [0.29, 0.717) is 32.1 Å². The molecule has 0 saturated carbocycles. The third kappa shape index (κ3) is 3.02. The fraction of sp³-hybridized carbons (Fsp3) is 0.0500. The highest BCUT2D eigenvalue weighted by Gasteiger charge is 2.25. The summed E-state index contributed by atoms with van der Waals surface area (Å²) in [7, 11) is -1.19. The number of fused-ring (bicyclic) bond motifs is 5. The zero-order valence-corrected chi connectivity index (χ0v) is 17.4. The molecule has 4 heterocycles. The molecule has 0 radical (unpaired) electrons. The standard InChI is InChI=1S/C20H13Cl2N5OS/c1-29(28)10-7-13(21)16(14(22)8-10)20-26-17-11-4-6-23-9-15(11)25-19-12(18(17)27-20)3-2-5-24-19/h2-9H,1H3,(H,24,25)(H,26,27). The Hall–Kier alpha value is -2.74. The third-order valence-corrected chi connectivity index (χ3v) is 6.19. The van der Waals surface area contributed by atoms with Crippen molar-refractivity contribution in [2.24, 2.45) is 0 Å². The van der Waals surface area contributed by atoms with E-state index >= 15 is 0 Å². The molecule has 1 aliphatic rings. The van der Waals surface area contributed by atoms with Crippen molar-refractivity contribution in [3.05, 3.63) is 59.0 Å². The molecule has 6 nitrogen and oxygen atoms in total. The number of nitrogens with one attached hydrogen (secondary N) is 2. The van der Waals surface area contributed by atoms with Crippen LogP contribution < -0.4 is 5.32 Å². The van der Waals surface area contributed by atoms with E-state index in [1.807, 2.05) is 18.2 Å². The molecular formula is C20H13Cl2N5OS. The minimum atomic E-state index is -1.19. The maximum atomic E-state index is 11.8. The number of aromatic amines is 1. The molecule has 0 fully saturated rings. The van der Waals surface area contributed by atoms with Crippen LogP contribution in [0.1, 0.15) is 0 Å². The number of nitrogens with zero attached hydrogens (tertiary/aromatic N) is 3. The lowest BCUT2D eigenvalue weighted by Crippen LogP contribution is -1.96. The second kappa shape index (κ2) is 6.95. The van der Waals surface area contributed by atoms with Crippen LogP contribution in [0.5, 0.6) is 0 Å². The summed E-state index contributed by atoms with van der Waals surface area (Å²) in [4.78, 5) is 17.4. The van der Waals surface area contributed by atoms with Gasteiger partial charge in [-0.3, -0.25) is 9.19 Å². The lowest BCUT2D eigenvalue weighted by molar-refractivity contribution is 0.687. The number of halogens is 2. The number of hydrogen-bond donors (Lipinski definition) is 2. The molecule has 4 aromatic rings. The van der Waals surface area contributed by atoms with Crippen molar-refractivity contribution >= 4 is 45.5 Å². The maximum Gasteiger partial charge on any atom is 0.141 e. The second-order valence-corrected chi connectivity index (χ2v) is 8.66. The van der Waals surface area contributed by atoms with Crippen LogP contribution in [0.15, 0.2) is 53.8 Å². The quantitative estimate of drug-likeness (QED) is 0.388. The van der Waals surface area contributed by atoms with Gasteiger partial charge in [-0.25, -0.2) is 9.97 Å². The van der Waals surface area contributed by atoms with Crippen molar-refractivity contribution in [1.29, 1.82) is 0 Å². The SMILES string of the molecule is CS(=O)c1cc(Cl)c(-c2nc3c([nH]2)-c2ccncc2Nc2ncccc2-3)c(Cl)c1. The van der Waals surface area contributed by atoms with Gasteiger partial charge in [0.05, 0.1) is 33.2 Å². The Morgan fingerprint density at radius 2 is 1.86 bits per heavy atom. The first kappa shape index (κ1) is 18.3. The molecule has 0 spiro atoms. The zero-order valence-electron chi connectivity index (χ0n) is 15.0. The largest absolute Gasteiger partial charge is 0.338 e. The summed E-state index contributed by atoms with van der Waals surface area (Å²) in [6.07, 6.45) is 6.77. The second-order valence-electron chi connectivity index (χ2n) is 6.47. The van der Waals surface area contributed by atoms with Crippen molar-refractivity contribution in [3.63, 3.8) is 0 Å². The average Bonchev–Trinajstić information content (AvgIpc) is 3.07. The van der Waals surface area contributed by atoms with Crippen LogP contribution in [-0.4, -0.2) is 30.4 Å². The average molecular weight is 442 g/mol. The van der Waals surface area contributed by atoms with E-state index in [-0.39, 0.29) is 0 Å². The van der Waals surface area contributed by atoms with E-state index in [4.69, 9.17) is 28.2 Å². The fourth-order valence-electron chi connectivity index (χ4n) is 3.36. The minimum Gasteiger partial charge on any atom is -0.338 e. The van der Waals surface area contributed by atoms with Crippen molar-refractivity contribution < 1.29 is 4.21 Å². The van der Waals surface area contributed by atoms with Gasteiger partial charge >= 0.3 is 0 Å². The van der Waals surface area contributed by atoms with Crippen molar-refractivity contribution in [2.45, 2.75) is 4.90 Å². The molecule has 0 amide bonds. The zero-order chi connectivity index (χ0) is 20.1.